The summed E-state index contributed by atoms with van der Waals surface area (Å²) in [7, 11) is 0. The fraction of sp³-hybridized carbons (Fsp3) is 0.267. The van der Waals surface area contributed by atoms with Gasteiger partial charge in [0.1, 0.15) is 5.69 Å². The van der Waals surface area contributed by atoms with E-state index in [1.807, 2.05) is 10.6 Å². The van der Waals surface area contributed by atoms with Crippen LogP contribution in [-0.2, 0) is 12.8 Å². The van der Waals surface area contributed by atoms with Gasteiger partial charge in [-0.3, -0.25) is 9.36 Å². The van der Waals surface area contributed by atoms with Crippen molar-refractivity contribution in [1.29, 1.82) is 0 Å². The number of aryl methyl sites for hydroxylation is 2. The van der Waals surface area contributed by atoms with E-state index in [0.717, 1.165) is 36.9 Å². The number of carbonyl (C=O) groups is 1. The minimum atomic E-state index is -0.0917. The number of imidazole rings is 1. The number of carbonyl (C=O) groups excluding carboxylic acids is 1. The third-order valence-corrected chi connectivity index (χ3v) is 6.80. The summed E-state index contributed by atoms with van der Waals surface area (Å²) in [5, 5.41) is 3.24. The molecule has 172 valence electrons. The predicted molar refractivity (Wildman–Crippen MR) is 137 cm³/mol. The van der Waals surface area contributed by atoms with E-state index < -0.39 is 0 Å². The fourth-order valence-corrected chi connectivity index (χ4v) is 4.86. The number of hydrogen-bond donors (Lipinski definition) is 1. The molecule has 4 nitrogen and oxygen atoms in total. The van der Waals surface area contributed by atoms with Crippen LogP contribution in [0.1, 0.15) is 65.8 Å². The number of aromatic nitrogens is 2. The van der Waals surface area contributed by atoms with Crippen molar-refractivity contribution < 1.29 is 4.79 Å². The molecule has 0 saturated carbocycles. The summed E-state index contributed by atoms with van der Waals surface area (Å²) >= 11 is 0. The number of nitrogens with one attached hydrogen (secondary N) is 1. The maximum Gasteiger partial charge on any atom is 0.270 e. The van der Waals surface area contributed by atoms with Crippen molar-refractivity contribution in [2.45, 2.75) is 51.5 Å². The van der Waals surface area contributed by atoms with Gasteiger partial charge in [0.2, 0.25) is 0 Å². The van der Waals surface area contributed by atoms with E-state index in [1.165, 1.54) is 35.1 Å². The van der Waals surface area contributed by atoms with Crippen LogP contribution < -0.4 is 5.32 Å². The number of amides is 1. The first-order valence-corrected chi connectivity index (χ1v) is 12.3. The molecule has 0 spiro atoms. The highest BCUT2D eigenvalue weighted by atomic mass is 16.2. The van der Waals surface area contributed by atoms with Crippen molar-refractivity contribution in [3.63, 3.8) is 0 Å². The second-order valence-corrected chi connectivity index (χ2v) is 9.11. The number of hydrogen-bond acceptors (Lipinski definition) is 2. The van der Waals surface area contributed by atoms with Crippen LogP contribution in [0.3, 0.4) is 0 Å². The third kappa shape index (κ3) is 4.67. The highest BCUT2D eigenvalue weighted by Gasteiger charge is 2.23. The Kier molecular flexibility index (Phi) is 6.57. The molecule has 34 heavy (non-hydrogen) atoms. The molecule has 5 rings (SSSR count). The molecule has 1 heterocycles. The van der Waals surface area contributed by atoms with Gasteiger partial charge < -0.3 is 5.32 Å². The molecule has 1 aromatic heterocycles. The monoisotopic (exact) mass is 449 g/mol. The quantitative estimate of drug-likeness (QED) is 0.342. The SMILES string of the molecule is CCCCc1ccc(-c2ccc(-n3cncc3C(=O)N[C@H]3CCCc4ccccc43)cc2)cc1. The molecule has 0 fully saturated rings. The summed E-state index contributed by atoms with van der Waals surface area (Å²) in [4.78, 5) is 17.5. The summed E-state index contributed by atoms with van der Waals surface area (Å²) in [5.74, 6) is -0.0917. The normalized spacial score (nSPS) is 15.0. The Hall–Kier alpha value is -3.66. The lowest BCUT2D eigenvalue weighted by atomic mass is 9.88. The summed E-state index contributed by atoms with van der Waals surface area (Å²) < 4.78 is 1.86. The summed E-state index contributed by atoms with van der Waals surface area (Å²) in [6.07, 6.45) is 10.1. The van der Waals surface area contributed by atoms with E-state index in [-0.39, 0.29) is 11.9 Å². The largest absolute Gasteiger partial charge is 0.344 e. The first kappa shape index (κ1) is 22.1. The lowest BCUT2D eigenvalue weighted by molar-refractivity contribution is 0.0926. The fourth-order valence-electron chi connectivity index (χ4n) is 4.86. The van der Waals surface area contributed by atoms with Crippen molar-refractivity contribution in [2.75, 3.05) is 0 Å². The van der Waals surface area contributed by atoms with Gasteiger partial charge in [-0.15, -0.1) is 0 Å². The number of nitrogens with zero attached hydrogens (tertiary/aromatic N) is 2. The number of rotatable bonds is 7. The maximum absolute atomic E-state index is 13.2. The molecule has 0 aliphatic heterocycles. The Labute approximate surface area is 201 Å². The van der Waals surface area contributed by atoms with Crippen LogP contribution in [-0.4, -0.2) is 15.5 Å². The first-order valence-electron chi connectivity index (χ1n) is 12.3. The van der Waals surface area contributed by atoms with Crippen molar-refractivity contribution in [1.82, 2.24) is 14.9 Å². The van der Waals surface area contributed by atoms with Crippen LogP contribution in [0, 0.1) is 0 Å². The zero-order valence-electron chi connectivity index (χ0n) is 19.7. The van der Waals surface area contributed by atoms with Gasteiger partial charge >= 0.3 is 0 Å². The Balaban J connectivity index is 1.32. The van der Waals surface area contributed by atoms with E-state index >= 15 is 0 Å². The Morgan fingerprint density at radius 1 is 1.00 bits per heavy atom. The average molecular weight is 450 g/mol. The average Bonchev–Trinajstić information content (AvgIpc) is 3.38. The Bertz CT molecular complexity index is 1250. The van der Waals surface area contributed by atoms with Gasteiger partial charge in [-0.25, -0.2) is 4.98 Å². The molecule has 4 aromatic rings. The summed E-state index contributed by atoms with van der Waals surface area (Å²) in [6.45, 7) is 2.22. The van der Waals surface area contributed by atoms with Crippen molar-refractivity contribution >= 4 is 5.91 Å². The third-order valence-electron chi connectivity index (χ3n) is 6.80. The van der Waals surface area contributed by atoms with E-state index in [4.69, 9.17) is 0 Å². The molecule has 0 radical (unpaired) electrons. The summed E-state index contributed by atoms with van der Waals surface area (Å²) in [6, 6.07) is 25.6. The number of fused-ring (bicyclic) bond motifs is 1. The molecule has 4 heteroatoms. The van der Waals surface area contributed by atoms with Crippen LogP contribution in [0.5, 0.6) is 0 Å². The lowest BCUT2D eigenvalue weighted by Gasteiger charge is -2.26. The van der Waals surface area contributed by atoms with Gasteiger partial charge in [-0.05, 0) is 72.1 Å². The van der Waals surface area contributed by atoms with E-state index in [0.29, 0.717) is 5.69 Å². The molecular weight excluding hydrogens is 418 g/mol. The predicted octanol–water partition coefficient (Wildman–Crippen LogP) is 6.69. The maximum atomic E-state index is 13.2. The summed E-state index contributed by atoms with van der Waals surface area (Å²) in [5.41, 5.74) is 7.80. The van der Waals surface area contributed by atoms with Crippen LogP contribution in [0.2, 0.25) is 0 Å². The second kappa shape index (κ2) is 10.1. The van der Waals surface area contributed by atoms with Gasteiger partial charge in [0.15, 0.2) is 0 Å². The van der Waals surface area contributed by atoms with Crippen LogP contribution in [0.4, 0.5) is 0 Å². The molecule has 0 saturated heterocycles. The van der Waals surface area contributed by atoms with Gasteiger partial charge in [0.25, 0.3) is 5.91 Å². The van der Waals surface area contributed by atoms with E-state index in [9.17, 15) is 4.79 Å². The number of benzene rings is 3. The van der Waals surface area contributed by atoms with Gasteiger partial charge in [0.05, 0.1) is 18.6 Å². The minimum absolute atomic E-state index is 0.0449. The zero-order chi connectivity index (χ0) is 23.3. The molecule has 1 amide bonds. The van der Waals surface area contributed by atoms with Crippen molar-refractivity contribution in [3.05, 3.63) is 108 Å². The number of unbranched alkanes of at least 4 members (excludes halogenated alkanes) is 1. The van der Waals surface area contributed by atoms with Crippen molar-refractivity contribution in [3.8, 4) is 16.8 Å². The zero-order valence-corrected chi connectivity index (χ0v) is 19.7. The highest BCUT2D eigenvalue weighted by Crippen LogP contribution is 2.30. The van der Waals surface area contributed by atoms with Gasteiger partial charge in [0, 0.05) is 5.69 Å². The second-order valence-electron chi connectivity index (χ2n) is 9.11. The molecule has 1 atom stereocenters. The molecule has 3 aromatic carbocycles. The molecule has 0 bridgehead atoms. The van der Waals surface area contributed by atoms with Crippen LogP contribution in [0.15, 0.2) is 85.3 Å². The van der Waals surface area contributed by atoms with Gasteiger partial charge in [-0.1, -0.05) is 74.0 Å². The molecule has 1 aliphatic rings. The molecule has 1 N–H and O–H groups in total. The van der Waals surface area contributed by atoms with E-state index in [1.54, 1.807) is 12.5 Å². The van der Waals surface area contributed by atoms with Crippen molar-refractivity contribution in [2.24, 2.45) is 0 Å². The van der Waals surface area contributed by atoms with Crippen LogP contribution in [0.25, 0.3) is 16.8 Å². The lowest BCUT2D eigenvalue weighted by Crippen LogP contribution is -2.32. The van der Waals surface area contributed by atoms with E-state index in [2.05, 4.69) is 84.0 Å². The Morgan fingerprint density at radius 3 is 2.50 bits per heavy atom. The minimum Gasteiger partial charge on any atom is -0.344 e. The standard InChI is InChI=1S/C30H31N3O/c1-2-3-7-22-12-14-23(15-13-22)24-16-18-26(19-17-24)33-21-31-20-29(33)30(34)32-28-11-6-9-25-8-4-5-10-27(25)28/h4-5,8,10,12-21,28H,2-3,6-7,9,11H2,1H3,(H,32,34)/t28-/m0/s1. The smallest absolute Gasteiger partial charge is 0.270 e. The Morgan fingerprint density at radius 2 is 1.74 bits per heavy atom. The topological polar surface area (TPSA) is 46.9 Å². The van der Waals surface area contributed by atoms with Crippen LogP contribution >= 0.6 is 0 Å². The molecular formula is C30H31N3O. The molecule has 1 aliphatic carbocycles. The first-order chi connectivity index (χ1) is 16.7. The van der Waals surface area contributed by atoms with Gasteiger partial charge in [-0.2, -0.15) is 0 Å². The molecule has 0 unspecified atom stereocenters. The highest BCUT2D eigenvalue weighted by molar-refractivity contribution is 5.93.